The monoisotopic (exact) mass is 199 g/mol. The van der Waals surface area contributed by atoms with Crippen molar-refractivity contribution in [2.45, 2.75) is 51.0 Å². The Hall–Kier alpha value is -0.570. The zero-order chi connectivity index (χ0) is 10.4. The number of hydrogen-bond donors (Lipinski definition) is 1. The molecule has 1 saturated carbocycles. The highest BCUT2D eigenvalue weighted by molar-refractivity contribution is 5.75. The number of nitrogens with two attached hydrogens (primary N) is 1. The third-order valence-electron chi connectivity index (χ3n) is 3.11. The second kappa shape index (κ2) is 6.02. The molecule has 3 nitrogen and oxygen atoms in total. The molecule has 0 amide bonds. The number of hydrogen-bond acceptors (Lipinski definition) is 3. The predicted molar refractivity (Wildman–Crippen MR) is 55.8 cm³/mol. The number of ether oxygens (including phenoxy) is 1. The molecule has 1 fully saturated rings. The minimum absolute atomic E-state index is 0.277. The standard InChI is InChI=1S/C11H21NO2/c1-14-11(13)10(12)8-7-9-5-3-2-4-6-9/h9-10H,2-8,12H2,1H3/t10-/m0/s1. The van der Waals surface area contributed by atoms with E-state index < -0.39 is 6.04 Å². The number of rotatable bonds is 4. The van der Waals surface area contributed by atoms with Crippen molar-refractivity contribution in [3.8, 4) is 0 Å². The van der Waals surface area contributed by atoms with Crippen molar-refractivity contribution >= 4 is 5.97 Å². The maximum atomic E-state index is 11.0. The van der Waals surface area contributed by atoms with E-state index in [4.69, 9.17) is 5.73 Å². The van der Waals surface area contributed by atoms with Gasteiger partial charge in [0, 0.05) is 0 Å². The fourth-order valence-corrected chi connectivity index (χ4v) is 2.16. The average Bonchev–Trinajstić information content (AvgIpc) is 2.26. The molecule has 0 aromatic rings. The first kappa shape index (κ1) is 11.5. The van der Waals surface area contributed by atoms with Crippen molar-refractivity contribution < 1.29 is 9.53 Å². The fourth-order valence-electron chi connectivity index (χ4n) is 2.16. The van der Waals surface area contributed by atoms with Crippen LogP contribution in [0.25, 0.3) is 0 Å². The molecule has 0 heterocycles. The van der Waals surface area contributed by atoms with Gasteiger partial charge < -0.3 is 10.5 Å². The van der Waals surface area contributed by atoms with E-state index in [0.29, 0.717) is 0 Å². The molecule has 3 heteroatoms. The normalized spacial score (nSPS) is 20.4. The van der Waals surface area contributed by atoms with Crippen LogP contribution in [0, 0.1) is 5.92 Å². The summed E-state index contributed by atoms with van der Waals surface area (Å²) in [5, 5.41) is 0. The van der Waals surface area contributed by atoms with E-state index in [1.807, 2.05) is 0 Å². The van der Waals surface area contributed by atoms with Crippen molar-refractivity contribution in [2.24, 2.45) is 11.7 Å². The Morgan fingerprint density at radius 2 is 2.07 bits per heavy atom. The maximum Gasteiger partial charge on any atom is 0.322 e. The van der Waals surface area contributed by atoms with Gasteiger partial charge in [-0.3, -0.25) is 4.79 Å². The Labute approximate surface area is 86.0 Å². The summed E-state index contributed by atoms with van der Waals surface area (Å²) < 4.78 is 4.59. The Balaban J connectivity index is 2.15. The summed E-state index contributed by atoms with van der Waals surface area (Å²) >= 11 is 0. The smallest absolute Gasteiger partial charge is 0.322 e. The summed E-state index contributed by atoms with van der Waals surface area (Å²) in [6, 6.07) is -0.415. The van der Waals surface area contributed by atoms with Crippen molar-refractivity contribution in [3.63, 3.8) is 0 Å². The summed E-state index contributed by atoms with van der Waals surface area (Å²) in [5.74, 6) is 0.514. The van der Waals surface area contributed by atoms with Gasteiger partial charge in [-0.25, -0.2) is 0 Å². The molecule has 0 radical (unpaired) electrons. The number of esters is 1. The van der Waals surface area contributed by atoms with Crippen molar-refractivity contribution in [2.75, 3.05) is 7.11 Å². The molecule has 1 aliphatic carbocycles. The first-order valence-corrected chi connectivity index (χ1v) is 5.57. The first-order valence-electron chi connectivity index (χ1n) is 5.57. The van der Waals surface area contributed by atoms with Gasteiger partial charge in [0.2, 0.25) is 0 Å². The number of methoxy groups -OCH3 is 1. The first-order chi connectivity index (χ1) is 6.74. The molecule has 0 aliphatic heterocycles. The fraction of sp³-hybridized carbons (Fsp3) is 0.909. The highest BCUT2D eigenvalue weighted by Gasteiger charge is 2.18. The van der Waals surface area contributed by atoms with Gasteiger partial charge in [-0.1, -0.05) is 32.1 Å². The van der Waals surface area contributed by atoms with Crippen LogP contribution >= 0.6 is 0 Å². The van der Waals surface area contributed by atoms with Crippen LogP contribution in [0.5, 0.6) is 0 Å². The Morgan fingerprint density at radius 3 is 2.64 bits per heavy atom. The number of carbonyl (C=O) groups is 1. The molecule has 82 valence electrons. The predicted octanol–water partition coefficient (Wildman–Crippen LogP) is 1.85. The van der Waals surface area contributed by atoms with Gasteiger partial charge >= 0.3 is 5.97 Å². The molecule has 1 atom stereocenters. The molecule has 14 heavy (non-hydrogen) atoms. The number of carbonyl (C=O) groups excluding carboxylic acids is 1. The van der Waals surface area contributed by atoms with E-state index in [9.17, 15) is 4.79 Å². The lowest BCUT2D eigenvalue weighted by Crippen LogP contribution is -2.32. The Kier molecular flexibility index (Phi) is 4.94. The lowest BCUT2D eigenvalue weighted by atomic mass is 9.85. The molecule has 0 spiro atoms. The van der Waals surface area contributed by atoms with E-state index in [1.165, 1.54) is 39.2 Å². The van der Waals surface area contributed by atoms with Crippen LogP contribution < -0.4 is 5.73 Å². The average molecular weight is 199 g/mol. The Morgan fingerprint density at radius 1 is 1.43 bits per heavy atom. The second-order valence-electron chi connectivity index (χ2n) is 4.21. The summed E-state index contributed by atoms with van der Waals surface area (Å²) in [4.78, 5) is 11.0. The van der Waals surface area contributed by atoms with E-state index >= 15 is 0 Å². The van der Waals surface area contributed by atoms with Crippen molar-refractivity contribution in [1.29, 1.82) is 0 Å². The summed E-state index contributed by atoms with van der Waals surface area (Å²) in [7, 11) is 1.39. The molecular weight excluding hydrogens is 178 g/mol. The molecule has 2 N–H and O–H groups in total. The molecular formula is C11H21NO2. The van der Waals surface area contributed by atoms with Gasteiger partial charge in [-0.2, -0.15) is 0 Å². The van der Waals surface area contributed by atoms with Gasteiger partial charge in [0.1, 0.15) is 6.04 Å². The molecule has 0 saturated heterocycles. The quantitative estimate of drug-likeness (QED) is 0.703. The molecule has 0 aromatic carbocycles. The van der Waals surface area contributed by atoms with Crippen LogP contribution in [-0.2, 0) is 9.53 Å². The van der Waals surface area contributed by atoms with Gasteiger partial charge in [-0.15, -0.1) is 0 Å². The summed E-state index contributed by atoms with van der Waals surface area (Å²) in [6.07, 6.45) is 8.55. The molecule has 0 aromatic heterocycles. The van der Waals surface area contributed by atoms with E-state index in [1.54, 1.807) is 0 Å². The highest BCUT2D eigenvalue weighted by Crippen LogP contribution is 2.27. The van der Waals surface area contributed by atoms with Crippen LogP contribution in [-0.4, -0.2) is 19.1 Å². The SMILES string of the molecule is COC(=O)[C@@H](N)CCC1CCCCC1. The summed E-state index contributed by atoms with van der Waals surface area (Å²) in [5.41, 5.74) is 5.67. The minimum atomic E-state index is -0.415. The van der Waals surface area contributed by atoms with Crippen LogP contribution in [0.3, 0.4) is 0 Å². The topological polar surface area (TPSA) is 52.3 Å². The zero-order valence-electron chi connectivity index (χ0n) is 9.00. The van der Waals surface area contributed by atoms with Crippen molar-refractivity contribution in [3.05, 3.63) is 0 Å². The molecule has 1 rings (SSSR count). The van der Waals surface area contributed by atoms with Gasteiger partial charge in [0.25, 0.3) is 0 Å². The highest BCUT2D eigenvalue weighted by atomic mass is 16.5. The second-order valence-corrected chi connectivity index (χ2v) is 4.21. The lowest BCUT2D eigenvalue weighted by molar-refractivity contribution is -0.142. The molecule has 1 aliphatic rings. The van der Waals surface area contributed by atoms with Gasteiger partial charge in [0.05, 0.1) is 7.11 Å². The van der Waals surface area contributed by atoms with Gasteiger partial charge in [0.15, 0.2) is 0 Å². The zero-order valence-corrected chi connectivity index (χ0v) is 9.00. The minimum Gasteiger partial charge on any atom is -0.468 e. The lowest BCUT2D eigenvalue weighted by Gasteiger charge is -2.22. The molecule has 0 unspecified atom stereocenters. The van der Waals surface area contributed by atoms with Crippen LogP contribution in [0.4, 0.5) is 0 Å². The van der Waals surface area contributed by atoms with Crippen LogP contribution in [0.15, 0.2) is 0 Å². The van der Waals surface area contributed by atoms with E-state index in [2.05, 4.69) is 4.74 Å². The third-order valence-corrected chi connectivity index (χ3v) is 3.11. The summed E-state index contributed by atoms with van der Waals surface area (Å²) in [6.45, 7) is 0. The van der Waals surface area contributed by atoms with Crippen LogP contribution in [0.1, 0.15) is 44.9 Å². The maximum absolute atomic E-state index is 11.0. The molecule has 0 bridgehead atoms. The third kappa shape index (κ3) is 3.66. The largest absolute Gasteiger partial charge is 0.468 e. The van der Waals surface area contributed by atoms with Gasteiger partial charge in [-0.05, 0) is 18.8 Å². The van der Waals surface area contributed by atoms with Crippen LogP contribution in [0.2, 0.25) is 0 Å². The van der Waals surface area contributed by atoms with E-state index in [-0.39, 0.29) is 5.97 Å². The van der Waals surface area contributed by atoms with Crippen molar-refractivity contribution in [1.82, 2.24) is 0 Å². The van der Waals surface area contributed by atoms with E-state index in [0.717, 1.165) is 18.8 Å². The Bertz CT molecular complexity index is 176.